The first-order valence-corrected chi connectivity index (χ1v) is 3.86. The van der Waals surface area contributed by atoms with Crippen LogP contribution in [0.3, 0.4) is 0 Å². The number of hydrogen-bond acceptors (Lipinski definition) is 1. The molecule has 12 heavy (non-hydrogen) atoms. The van der Waals surface area contributed by atoms with Crippen molar-refractivity contribution in [3.63, 3.8) is 0 Å². The van der Waals surface area contributed by atoms with E-state index in [1.54, 1.807) is 12.4 Å². The minimum Gasteiger partial charge on any atom is -0.286 e. The molecule has 1 rings (SSSR count). The molecule has 0 aliphatic rings. The third-order valence-corrected chi connectivity index (χ3v) is 1.98. The summed E-state index contributed by atoms with van der Waals surface area (Å²) >= 11 is 0. The number of benzene rings is 1. The highest BCUT2D eigenvalue weighted by atomic mass is 16.1. The molecule has 0 bridgehead atoms. The van der Waals surface area contributed by atoms with E-state index in [2.05, 4.69) is 13.0 Å². The highest BCUT2D eigenvalue weighted by Crippen LogP contribution is 2.13. The van der Waals surface area contributed by atoms with E-state index < -0.39 is 0 Å². The van der Waals surface area contributed by atoms with Crippen LogP contribution in [0.4, 0.5) is 0 Å². The molecule has 0 atom stereocenters. The third-order valence-electron chi connectivity index (χ3n) is 1.98. The van der Waals surface area contributed by atoms with Crippen LogP contribution in [-0.2, 0) is 4.79 Å². The van der Waals surface area contributed by atoms with Gasteiger partial charge in [0.25, 0.3) is 0 Å². The zero-order valence-corrected chi connectivity index (χ0v) is 7.29. The number of carbonyl (C=O) groups excluding carboxylic acids is 1. The topological polar surface area (TPSA) is 17.1 Å². The molecule has 0 amide bonds. The summed E-state index contributed by atoms with van der Waals surface area (Å²) in [7, 11) is 0. The average Bonchev–Trinajstić information content (AvgIpc) is 2.08. The molecular weight excluding hydrogens is 148 g/mol. The summed E-state index contributed by atoms with van der Waals surface area (Å²) in [4.78, 5) is 9.96. The molecule has 61 valence electrons. The van der Waals surface area contributed by atoms with Gasteiger partial charge in [0, 0.05) is 0 Å². The molecule has 0 heterocycles. The fraction of sp³-hybridized carbons (Fsp3) is 0.182. The average molecular weight is 159 g/mol. The third kappa shape index (κ3) is 1.82. The Morgan fingerprint density at radius 3 is 2.75 bits per heavy atom. The van der Waals surface area contributed by atoms with Crippen LogP contribution >= 0.6 is 0 Å². The molecule has 0 aliphatic heterocycles. The highest BCUT2D eigenvalue weighted by Gasteiger charge is 1.95. The zero-order valence-electron chi connectivity index (χ0n) is 7.29. The van der Waals surface area contributed by atoms with E-state index in [1.165, 1.54) is 17.2 Å². The minimum atomic E-state index is 1.08. The van der Waals surface area contributed by atoms with Gasteiger partial charge in [-0.15, -0.1) is 0 Å². The van der Waals surface area contributed by atoms with E-state index in [1.807, 2.05) is 19.1 Å². The Hall–Kier alpha value is -1.37. The van der Waals surface area contributed by atoms with Gasteiger partial charge in [-0.2, -0.15) is 0 Å². The Bertz CT molecular complexity index is 311. The van der Waals surface area contributed by atoms with Crippen molar-refractivity contribution in [2.24, 2.45) is 0 Å². The molecular formula is C11H11O. The maximum atomic E-state index is 9.96. The SMILES string of the molecule is Cc1cccc(/C=C/[C]=O)c1C. The van der Waals surface area contributed by atoms with Crippen molar-refractivity contribution in [1.29, 1.82) is 0 Å². The van der Waals surface area contributed by atoms with Crippen LogP contribution in [0.15, 0.2) is 24.3 Å². The fourth-order valence-corrected chi connectivity index (χ4v) is 1.08. The number of hydrogen-bond donors (Lipinski definition) is 0. The monoisotopic (exact) mass is 159 g/mol. The zero-order chi connectivity index (χ0) is 8.97. The Morgan fingerprint density at radius 2 is 2.08 bits per heavy atom. The van der Waals surface area contributed by atoms with E-state index in [9.17, 15) is 4.79 Å². The second-order valence-electron chi connectivity index (χ2n) is 2.74. The molecule has 0 spiro atoms. The molecule has 0 unspecified atom stereocenters. The van der Waals surface area contributed by atoms with Crippen molar-refractivity contribution in [1.82, 2.24) is 0 Å². The minimum absolute atomic E-state index is 1.08. The molecule has 0 aliphatic carbocycles. The van der Waals surface area contributed by atoms with Crippen molar-refractivity contribution < 1.29 is 4.79 Å². The first kappa shape index (κ1) is 8.72. The summed E-state index contributed by atoms with van der Waals surface area (Å²) in [5, 5.41) is 0. The lowest BCUT2D eigenvalue weighted by atomic mass is 10.0. The summed E-state index contributed by atoms with van der Waals surface area (Å²) in [6, 6.07) is 6.01. The van der Waals surface area contributed by atoms with Gasteiger partial charge in [0.1, 0.15) is 0 Å². The van der Waals surface area contributed by atoms with Crippen LogP contribution in [0.1, 0.15) is 16.7 Å². The standard InChI is InChI=1S/C11H11O/c1-9-5-3-6-11(10(9)2)7-4-8-12/h3-7H,1-2H3/b7-4+. The van der Waals surface area contributed by atoms with Crippen molar-refractivity contribution in [3.8, 4) is 0 Å². The maximum absolute atomic E-state index is 9.96. The van der Waals surface area contributed by atoms with E-state index in [-0.39, 0.29) is 0 Å². The smallest absolute Gasteiger partial charge is 0.225 e. The van der Waals surface area contributed by atoms with Crippen molar-refractivity contribution >= 4 is 12.4 Å². The molecule has 0 saturated heterocycles. The molecule has 1 radical (unpaired) electrons. The summed E-state index contributed by atoms with van der Waals surface area (Å²) in [6.07, 6.45) is 4.90. The van der Waals surface area contributed by atoms with Gasteiger partial charge in [-0.25, -0.2) is 0 Å². The van der Waals surface area contributed by atoms with E-state index in [4.69, 9.17) is 0 Å². The second kappa shape index (κ2) is 3.86. The number of aryl methyl sites for hydroxylation is 1. The van der Waals surface area contributed by atoms with Crippen molar-refractivity contribution in [3.05, 3.63) is 41.0 Å². The fourth-order valence-electron chi connectivity index (χ4n) is 1.08. The van der Waals surface area contributed by atoms with Crippen LogP contribution in [-0.4, -0.2) is 6.29 Å². The van der Waals surface area contributed by atoms with Crippen LogP contribution in [0.25, 0.3) is 6.08 Å². The molecule has 0 fully saturated rings. The van der Waals surface area contributed by atoms with Gasteiger partial charge in [0.05, 0.1) is 0 Å². The van der Waals surface area contributed by atoms with Crippen LogP contribution < -0.4 is 0 Å². The van der Waals surface area contributed by atoms with Gasteiger partial charge in [-0.1, -0.05) is 24.3 Å². The summed E-state index contributed by atoms with van der Waals surface area (Å²) in [5.74, 6) is 0. The maximum Gasteiger partial charge on any atom is 0.225 e. The largest absolute Gasteiger partial charge is 0.286 e. The van der Waals surface area contributed by atoms with Crippen molar-refractivity contribution in [2.45, 2.75) is 13.8 Å². The molecule has 1 aromatic rings. The first-order chi connectivity index (χ1) is 5.75. The van der Waals surface area contributed by atoms with Crippen molar-refractivity contribution in [2.75, 3.05) is 0 Å². The van der Waals surface area contributed by atoms with Crippen LogP contribution in [0.2, 0.25) is 0 Å². The Labute approximate surface area is 72.7 Å². The first-order valence-electron chi connectivity index (χ1n) is 3.86. The van der Waals surface area contributed by atoms with Gasteiger partial charge in [0.2, 0.25) is 6.29 Å². The van der Waals surface area contributed by atoms with Gasteiger partial charge < -0.3 is 0 Å². The van der Waals surface area contributed by atoms with Gasteiger partial charge in [-0.3, -0.25) is 4.79 Å². The molecule has 0 saturated carbocycles. The molecule has 1 nitrogen and oxygen atoms in total. The molecule has 0 aromatic heterocycles. The van der Waals surface area contributed by atoms with Gasteiger partial charge in [0.15, 0.2) is 0 Å². The summed E-state index contributed by atoms with van der Waals surface area (Å²) in [5.41, 5.74) is 3.53. The predicted molar refractivity (Wildman–Crippen MR) is 50.6 cm³/mol. The summed E-state index contributed by atoms with van der Waals surface area (Å²) < 4.78 is 0. The van der Waals surface area contributed by atoms with Gasteiger partial charge >= 0.3 is 0 Å². The molecule has 1 heteroatoms. The number of allylic oxidation sites excluding steroid dienone is 1. The molecule has 1 aromatic carbocycles. The van der Waals surface area contributed by atoms with Crippen LogP contribution in [0.5, 0.6) is 0 Å². The van der Waals surface area contributed by atoms with Gasteiger partial charge in [-0.05, 0) is 36.6 Å². The summed E-state index contributed by atoms with van der Waals surface area (Å²) in [6.45, 7) is 4.09. The number of rotatable bonds is 2. The Balaban J connectivity index is 3.07. The predicted octanol–water partition coefficient (Wildman–Crippen LogP) is 2.43. The van der Waals surface area contributed by atoms with Crippen LogP contribution in [0, 0.1) is 13.8 Å². The Kier molecular flexibility index (Phi) is 2.81. The normalized spacial score (nSPS) is 10.5. The van der Waals surface area contributed by atoms with E-state index in [0.717, 1.165) is 5.56 Å². The lowest BCUT2D eigenvalue weighted by Crippen LogP contribution is -1.84. The second-order valence-corrected chi connectivity index (χ2v) is 2.74. The van der Waals surface area contributed by atoms with E-state index >= 15 is 0 Å². The Morgan fingerprint density at radius 1 is 1.33 bits per heavy atom. The lowest BCUT2D eigenvalue weighted by Gasteiger charge is -2.02. The van der Waals surface area contributed by atoms with E-state index in [0.29, 0.717) is 0 Å². The lowest BCUT2D eigenvalue weighted by molar-refractivity contribution is 0.564. The highest BCUT2D eigenvalue weighted by molar-refractivity contribution is 5.75. The quantitative estimate of drug-likeness (QED) is 0.606. The molecule has 0 N–H and O–H groups in total.